The predicted molar refractivity (Wildman–Crippen MR) is 70.5 cm³/mol. The van der Waals surface area contributed by atoms with Crippen LogP contribution in [0.15, 0.2) is 18.2 Å². The summed E-state index contributed by atoms with van der Waals surface area (Å²) >= 11 is 0. The Morgan fingerprint density at radius 1 is 1.50 bits per heavy atom. The minimum atomic E-state index is -0.353. The number of aryl methyl sites for hydroxylation is 1. The Balaban J connectivity index is 2.67. The molecule has 1 unspecified atom stereocenters. The number of aliphatic hydroxyl groups is 1. The Bertz CT molecular complexity index is 419. The van der Waals surface area contributed by atoms with Gasteiger partial charge in [0.25, 0.3) is 5.69 Å². The summed E-state index contributed by atoms with van der Waals surface area (Å²) in [6, 6.07) is 5.30. The highest BCUT2D eigenvalue weighted by Crippen LogP contribution is 2.20. The van der Waals surface area contributed by atoms with Gasteiger partial charge in [0.15, 0.2) is 0 Å². The normalized spacial score (nSPS) is 12.7. The molecule has 0 spiro atoms. The molecule has 0 bridgehead atoms. The molecule has 1 N–H and O–H groups in total. The summed E-state index contributed by atoms with van der Waals surface area (Å²) in [6.07, 6.45) is 0.379. The van der Waals surface area contributed by atoms with Crippen LogP contribution in [0.4, 0.5) is 5.69 Å². The van der Waals surface area contributed by atoms with Crippen LogP contribution in [0.1, 0.15) is 24.5 Å². The molecule has 0 heterocycles. The van der Waals surface area contributed by atoms with E-state index in [4.69, 9.17) is 0 Å². The molecule has 0 fully saturated rings. The largest absolute Gasteiger partial charge is 0.393 e. The molecule has 1 aromatic carbocycles. The summed E-state index contributed by atoms with van der Waals surface area (Å²) in [5.41, 5.74) is 1.76. The van der Waals surface area contributed by atoms with Gasteiger partial charge in [0.1, 0.15) is 0 Å². The Morgan fingerprint density at radius 2 is 2.17 bits per heavy atom. The zero-order valence-corrected chi connectivity index (χ0v) is 11.1. The minimum Gasteiger partial charge on any atom is -0.393 e. The van der Waals surface area contributed by atoms with E-state index in [-0.39, 0.29) is 16.7 Å². The van der Waals surface area contributed by atoms with Crippen molar-refractivity contribution >= 4 is 5.69 Å². The maximum absolute atomic E-state index is 10.8. The van der Waals surface area contributed by atoms with E-state index in [1.54, 1.807) is 26.0 Å². The second-order valence-electron chi connectivity index (χ2n) is 4.75. The van der Waals surface area contributed by atoms with Gasteiger partial charge in [0.05, 0.1) is 11.0 Å². The highest BCUT2D eigenvalue weighted by Gasteiger charge is 2.12. The number of hydrogen-bond donors (Lipinski definition) is 1. The molecular formula is C13H20N2O3. The second kappa shape index (κ2) is 6.47. The van der Waals surface area contributed by atoms with Crippen LogP contribution in [0, 0.1) is 17.0 Å². The van der Waals surface area contributed by atoms with Crippen LogP contribution in [-0.4, -0.2) is 34.6 Å². The van der Waals surface area contributed by atoms with E-state index in [1.807, 2.05) is 18.0 Å². The quantitative estimate of drug-likeness (QED) is 0.622. The van der Waals surface area contributed by atoms with E-state index in [1.165, 1.54) is 0 Å². The lowest BCUT2D eigenvalue weighted by molar-refractivity contribution is -0.385. The number of benzene rings is 1. The molecule has 0 aromatic heterocycles. The second-order valence-corrected chi connectivity index (χ2v) is 4.75. The highest BCUT2D eigenvalue weighted by atomic mass is 16.6. The van der Waals surface area contributed by atoms with E-state index in [2.05, 4.69) is 0 Å². The van der Waals surface area contributed by atoms with Gasteiger partial charge in [0.2, 0.25) is 0 Å². The van der Waals surface area contributed by atoms with Crippen LogP contribution >= 0.6 is 0 Å². The Labute approximate surface area is 107 Å². The molecular weight excluding hydrogens is 232 g/mol. The summed E-state index contributed by atoms with van der Waals surface area (Å²) in [6.45, 7) is 4.90. The SMILES string of the molecule is Cc1ccc(CN(C)CCC(C)O)cc1[N+](=O)[O-]. The van der Waals surface area contributed by atoms with E-state index in [9.17, 15) is 15.2 Å². The lowest BCUT2D eigenvalue weighted by atomic mass is 10.1. The van der Waals surface area contributed by atoms with Crippen molar-refractivity contribution in [1.82, 2.24) is 4.90 Å². The van der Waals surface area contributed by atoms with E-state index < -0.39 is 0 Å². The molecule has 0 aliphatic rings. The third kappa shape index (κ3) is 4.43. The zero-order chi connectivity index (χ0) is 13.7. The van der Waals surface area contributed by atoms with Crippen molar-refractivity contribution < 1.29 is 10.0 Å². The van der Waals surface area contributed by atoms with Crippen LogP contribution in [0.25, 0.3) is 0 Å². The van der Waals surface area contributed by atoms with Crippen molar-refractivity contribution in [2.75, 3.05) is 13.6 Å². The molecule has 1 aromatic rings. The molecule has 0 saturated heterocycles. The van der Waals surface area contributed by atoms with E-state index >= 15 is 0 Å². The van der Waals surface area contributed by atoms with Gasteiger partial charge in [-0.3, -0.25) is 10.1 Å². The van der Waals surface area contributed by atoms with Gasteiger partial charge in [-0.25, -0.2) is 0 Å². The topological polar surface area (TPSA) is 66.6 Å². The molecule has 0 saturated carbocycles. The number of nitrogens with zero attached hydrogens (tertiary/aromatic N) is 2. The first-order chi connectivity index (χ1) is 8.40. The van der Waals surface area contributed by atoms with Crippen molar-refractivity contribution in [3.63, 3.8) is 0 Å². The van der Waals surface area contributed by atoms with Gasteiger partial charge in [-0.2, -0.15) is 0 Å². The fraction of sp³-hybridized carbons (Fsp3) is 0.538. The van der Waals surface area contributed by atoms with Crippen molar-refractivity contribution in [2.24, 2.45) is 0 Å². The van der Waals surface area contributed by atoms with E-state index in [0.29, 0.717) is 18.5 Å². The Hall–Kier alpha value is -1.46. The number of nitro benzene ring substituents is 1. The zero-order valence-electron chi connectivity index (χ0n) is 11.1. The molecule has 5 nitrogen and oxygen atoms in total. The molecule has 1 atom stereocenters. The lowest BCUT2D eigenvalue weighted by Crippen LogP contribution is -2.22. The number of hydrogen-bond acceptors (Lipinski definition) is 4. The van der Waals surface area contributed by atoms with Crippen LogP contribution < -0.4 is 0 Å². The van der Waals surface area contributed by atoms with Crippen LogP contribution in [0.3, 0.4) is 0 Å². The first-order valence-corrected chi connectivity index (χ1v) is 6.00. The van der Waals surface area contributed by atoms with E-state index in [0.717, 1.165) is 12.1 Å². The average molecular weight is 252 g/mol. The van der Waals surface area contributed by atoms with Gasteiger partial charge >= 0.3 is 0 Å². The summed E-state index contributed by atoms with van der Waals surface area (Å²) in [4.78, 5) is 12.5. The Morgan fingerprint density at radius 3 is 2.72 bits per heavy atom. The van der Waals surface area contributed by atoms with Crippen molar-refractivity contribution in [3.8, 4) is 0 Å². The minimum absolute atomic E-state index is 0.163. The lowest BCUT2D eigenvalue weighted by Gasteiger charge is -2.17. The third-order valence-corrected chi connectivity index (χ3v) is 2.85. The molecule has 1 rings (SSSR count). The van der Waals surface area contributed by atoms with Crippen molar-refractivity contribution in [2.45, 2.75) is 32.9 Å². The molecule has 5 heteroatoms. The molecule has 0 radical (unpaired) electrons. The monoisotopic (exact) mass is 252 g/mol. The standard InChI is InChI=1S/C13H20N2O3/c1-10-4-5-12(8-13(10)15(17)18)9-14(3)7-6-11(2)16/h4-5,8,11,16H,6-7,9H2,1-3H3. The van der Waals surface area contributed by atoms with Gasteiger partial charge in [-0.05, 0) is 32.9 Å². The maximum Gasteiger partial charge on any atom is 0.272 e. The third-order valence-electron chi connectivity index (χ3n) is 2.85. The fourth-order valence-corrected chi connectivity index (χ4v) is 1.75. The van der Waals surface area contributed by atoms with Gasteiger partial charge in [-0.1, -0.05) is 12.1 Å². The van der Waals surface area contributed by atoms with Crippen LogP contribution in [-0.2, 0) is 6.54 Å². The Kier molecular flexibility index (Phi) is 5.25. The fourth-order valence-electron chi connectivity index (χ4n) is 1.75. The van der Waals surface area contributed by atoms with Crippen LogP contribution in [0.5, 0.6) is 0 Å². The van der Waals surface area contributed by atoms with Gasteiger partial charge in [-0.15, -0.1) is 0 Å². The van der Waals surface area contributed by atoms with Crippen LogP contribution in [0.2, 0.25) is 0 Å². The number of nitro groups is 1. The first kappa shape index (κ1) is 14.6. The maximum atomic E-state index is 10.8. The van der Waals surface area contributed by atoms with Crippen molar-refractivity contribution in [3.05, 3.63) is 39.4 Å². The summed E-state index contributed by atoms with van der Waals surface area (Å²) < 4.78 is 0. The highest BCUT2D eigenvalue weighted by molar-refractivity contribution is 5.42. The summed E-state index contributed by atoms with van der Waals surface area (Å²) in [5, 5.41) is 20.0. The van der Waals surface area contributed by atoms with Gasteiger partial charge < -0.3 is 10.0 Å². The number of rotatable bonds is 6. The predicted octanol–water partition coefficient (Wildman–Crippen LogP) is 2.11. The van der Waals surface area contributed by atoms with Gasteiger partial charge in [0, 0.05) is 24.7 Å². The molecule has 0 aliphatic heterocycles. The molecule has 0 aliphatic carbocycles. The van der Waals surface area contributed by atoms with Crippen molar-refractivity contribution in [1.29, 1.82) is 0 Å². The average Bonchev–Trinajstić information content (AvgIpc) is 2.28. The smallest absolute Gasteiger partial charge is 0.272 e. The molecule has 100 valence electrons. The summed E-state index contributed by atoms with van der Waals surface area (Å²) in [5.74, 6) is 0. The summed E-state index contributed by atoms with van der Waals surface area (Å²) in [7, 11) is 1.94. The molecule has 0 amide bonds. The first-order valence-electron chi connectivity index (χ1n) is 6.00. The number of aliphatic hydroxyl groups excluding tert-OH is 1. The molecule has 18 heavy (non-hydrogen) atoms.